The first-order valence-electron chi connectivity index (χ1n) is 9.94. The van der Waals surface area contributed by atoms with Crippen LogP contribution in [0.25, 0.3) is 0 Å². The molecule has 0 atom stereocenters. The van der Waals surface area contributed by atoms with Crippen LogP contribution in [0.1, 0.15) is 44.1 Å². The highest BCUT2D eigenvalue weighted by molar-refractivity contribution is 7.88. The Morgan fingerprint density at radius 3 is 2.18 bits per heavy atom. The molecule has 6 nitrogen and oxygen atoms in total. The second-order valence-corrected chi connectivity index (χ2v) is 9.93. The molecule has 1 aliphatic heterocycles. The lowest BCUT2D eigenvalue weighted by Gasteiger charge is -2.39. The average molecular weight is 430 g/mol. The van der Waals surface area contributed by atoms with Gasteiger partial charge in [0.25, 0.3) is 0 Å². The number of halogens is 1. The van der Waals surface area contributed by atoms with Gasteiger partial charge in [-0.25, -0.2) is 8.42 Å². The third-order valence-corrected chi connectivity index (χ3v) is 7.90. The van der Waals surface area contributed by atoms with Gasteiger partial charge in [-0.3, -0.25) is 4.79 Å². The van der Waals surface area contributed by atoms with Crippen LogP contribution in [0.3, 0.4) is 0 Å². The van der Waals surface area contributed by atoms with Gasteiger partial charge in [0.15, 0.2) is 0 Å². The van der Waals surface area contributed by atoms with E-state index < -0.39 is 10.0 Å². The van der Waals surface area contributed by atoms with Crippen molar-refractivity contribution in [3.05, 3.63) is 35.9 Å². The van der Waals surface area contributed by atoms with E-state index in [0.717, 1.165) is 31.2 Å². The summed E-state index contributed by atoms with van der Waals surface area (Å²) in [6.45, 7) is 2.23. The van der Waals surface area contributed by atoms with E-state index in [1.165, 1.54) is 10.7 Å². The fourth-order valence-corrected chi connectivity index (χ4v) is 5.80. The van der Waals surface area contributed by atoms with Crippen LogP contribution in [0.4, 0.5) is 0 Å². The van der Waals surface area contributed by atoms with Gasteiger partial charge in [0, 0.05) is 32.6 Å². The van der Waals surface area contributed by atoms with Crippen molar-refractivity contribution < 1.29 is 13.2 Å². The molecule has 0 radical (unpaired) electrons. The lowest BCUT2D eigenvalue weighted by atomic mass is 9.71. The van der Waals surface area contributed by atoms with Gasteiger partial charge < -0.3 is 10.6 Å². The van der Waals surface area contributed by atoms with E-state index in [1.54, 1.807) is 0 Å². The van der Waals surface area contributed by atoms with Gasteiger partial charge in [0.05, 0.1) is 5.75 Å². The second-order valence-electron chi connectivity index (χ2n) is 7.96. The van der Waals surface area contributed by atoms with E-state index in [0.29, 0.717) is 39.1 Å². The summed E-state index contributed by atoms with van der Waals surface area (Å²) in [6, 6.07) is 9.22. The Balaban J connectivity index is 0.00000280. The van der Waals surface area contributed by atoms with Gasteiger partial charge in [0.2, 0.25) is 15.9 Å². The molecule has 0 aromatic heterocycles. The van der Waals surface area contributed by atoms with E-state index in [2.05, 4.69) is 0 Å². The molecule has 1 saturated carbocycles. The molecule has 8 heteroatoms. The summed E-state index contributed by atoms with van der Waals surface area (Å²) >= 11 is 0. The van der Waals surface area contributed by atoms with Crippen LogP contribution < -0.4 is 5.73 Å². The fourth-order valence-electron chi connectivity index (χ4n) is 4.28. The molecule has 2 N–H and O–H groups in total. The maximum absolute atomic E-state index is 12.8. The predicted molar refractivity (Wildman–Crippen MR) is 114 cm³/mol. The summed E-state index contributed by atoms with van der Waals surface area (Å²) in [7, 11) is -3.35. The molecular weight excluding hydrogens is 398 g/mol. The number of piperazine rings is 1. The molecule has 1 amide bonds. The van der Waals surface area contributed by atoms with Crippen molar-refractivity contribution in [2.75, 3.05) is 32.7 Å². The lowest BCUT2D eigenvalue weighted by molar-refractivity contribution is -0.135. The van der Waals surface area contributed by atoms with Crippen LogP contribution in [-0.2, 0) is 20.6 Å². The third-order valence-electron chi connectivity index (χ3n) is 6.05. The topological polar surface area (TPSA) is 83.7 Å². The van der Waals surface area contributed by atoms with Gasteiger partial charge >= 0.3 is 0 Å². The molecule has 1 aromatic rings. The monoisotopic (exact) mass is 429 g/mol. The Labute approximate surface area is 174 Å². The number of nitrogens with zero attached hydrogens (tertiary/aromatic N) is 2. The predicted octanol–water partition coefficient (Wildman–Crippen LogP) is 2.38. The summed E-state index contributed by atoms with van der Waals surface area (Å²) in [6.07, 6.45) is 6.08. The number of benzene rings is 1. The third kappa shape index (κ3) is 5.69. The Hall–Kier alpha value is -1.15. The van der Waals surface area contributed by atoms with Gasteiger partial charge in [-0.1, -0.05) is 49.6 Å². The van der Waals surface area contributed by atoms with Gasteiger partial charge in [0.1, 0.15) is 0 Å². The minimum Gasteiger partial charge on any atom is -0.340 e. The first kappa shape index (κ1) is 23.1. The zero-order chi connectivity index (χ0) is 19.3. The normalized spacial score (nSPS) is 20.4. The average Bonchev–Trinajstić information content (AvgIpc) is 2.69. The Bertz CT molecular complexity index is 728. The van der Waals surface area contributed by atoms with Crippen molar-refractivity contribution in [1.82, 2.24) is 9.21 Å². The van der Waals surface area contributed by atoms with Gasteiger partial charge in [-0.15, -0.1) is 12.4 Å². The van der Waals surface area contributed by atoms with Crippen LogP contribution >= 0.6 is 12.4 Å². The van der Waals surface area contributed by atoms with Crippen molar-refractivity contribution in [2.24, 2.45) is 11.1 Å². The summed E-state index contributed by atoms with van der Waals surface area (Å²) in [4.78, 5) is 14.6. The van der Waals surface area contributed by atoms with Crippen molar-refractivity contribution in [3.63, 3.8) is 0 Å². The molecule has 1 heterocycles. The summed E-state index contributed by atoms with van der Waals surface area (Å²) in [5.74, 6) is 0.139. The number of sulfonamides is 1. The van der Waals surface area contributed by atoms with Gasteiger partial charge in [-0.05, 0) is 30.4 Å². The molecule has 158 valence electrons. The number of carbonyl (C=O) groups is 1. The first-order chi connectivity index (χ1) is 12.9. The first-order valence-corrected chi connectivity index (χ1v) is 11.5. The Kier molecular flexibility index (Phi) is 8.30. The van der Waals surface area contributed by atoms with E-state index >= 15 is 0 Å². The maximum atomic E-state index is 12.8. The van der Waals surface area contributed by atoms with Crippen molar-refractivity contribution in [3.8, 4) is 0 Å². The van der Waals surface area contributed by atoms with Crippen molar-refractivity contribution in [1.29, 1.82) is 0 Å². The minimum atomic E-state index is -3.35. The van der Waals surface area contributed by atoms with E-state index in [-0.39, 0.29) is 29.5 Å². The summed E-state index contributed by atoms with van der Waals surface area (Å²) in [5, 5.41) is 0. The number of rotatable bonds is 6. The number of nitrogens with two attached hydrogens (primary N) is 1. The number of carbonyl (C=O) groups excluding carboxylic acids is 1. The van der Waals surface area contributed by atoms with Crippen LogP contribution in [-0.4, -0.2) is 56.3 Å². The van der Waals surface area contributed by atoms with E-state index in [9.17, 15) is 13.2 Å². The number of amides is 1. The second kappa shape index (κ2) is 10.1. The van der Waals surface area contributed by atoms with Gasteiger partial charge in [-0.2, -0.15) is 4.31 Å². The molecule has 2 aliphatic rings. The molecule has 0 spiro atoms. The number of hydrogen-bond donors (Lipinski definition) is 1. The van der Waals surface area contributed by atoms with Crippen LogP contribution in [0.15, 0.2) is 30.3 Å². The Morgan fingerprint density at radius 2 is 1.61 bits per heavy atom. The van der Waals surface area contributed by atoms with Crippen LogP contribution in [0.5, 0.6) is 0 Å². The SMILES string of the molecule is Cl.NCC1(CC(=O)N2CCN(S(=O)(=O)Cc3ccccc3)CC2)CCCCC1. The summed E-state index contributed by atoms with van der Waals surface area (Å²) in [5.41, 5.74) is 6.75. The highest BCUT2D eigenvalue weighted by atomic mass is 35.5. The summed E-state index contributed by atoms with van der Waals surface area (Å²) < 4.78 is 26.8. The highest BCUT2D eigenvalue weighted by Gasteiger charge is 2.36. The van der Waals surface area contributed by atoms with Crippen molar-refractivity contribution in [2.45, 2.75) is 44.3 Å². The zero-order valence-electron chi connectivity index (χ0n) is 16.4. The largest absolute Gasteiger partial charge is 0.340 e. The molecule has 1 aliphatic carbocycles. The zero-order valence-corrected chi connectivity index (χ0v) is 18.0. The molecule has 1 aromatic carbocycles. The molecule has 2 fully saturated rings. The molecule has 28 heavy (non-hydrogen) atoms. The fraction of sp³-hybridized carbons (Fsp3) is 0.650. The highest BCUT2D eigenvalue weighted by Crippen LogP contribution is 2.38. The molecule has 3 rings (SSSR count). The van der Waals surface area contributed by atoms with Crippen LogP contribution in [0, 0.1) is 5.41 Å². The lowest BCUT2D eigenvalue weighted by Crippen LogP contribution is -2.52. The smallest absolute Gasteiger partial charge is 0.223 e. The molecule has 1 saturated heterocycles. The quantitative estimate of drug-likeness (QED) is 0.752. The standard InChI is InChI=1S/C20H31N3O3S.ClH/c21-17-20(9-5-2-6-10-20)15-19(24)22-11-13-23(14-12-22)27(25,26)16-18-7-3-1-4-8-18;/h1,3-4,7-8H,2,5-6,9-17,21H2;1H. The van der Waals surface area contributed by atoms with Crippen molar-refractivity contribution >= 4 is 28.3 Å². The molecule has 0 unspecified atom stereocenters. The molecule has 0 bridgehead atoms. The van der Waals surface area contributed by atoms with Crippen LogP contribution in [0.2, 0.25) is 0 Å². The van der Waals surface area contributed by atoms with E-state index in [1.807, 2.05) is 35.2 Å². The maximum Gasteiger partial charge on any atom is 0.223 e. The Morgan fingerprint density at radius 1 is 1.00 bits per heavy atom. The molecular formula is C20H32ClN3O3S. The van der Waals surface area contributed by atoms with E-state index in [4.69, 9.17) is 5.73 Å². The minimum absolute atomic E-state index is 0. The number of hydrogen-bond acceptors (Lipinski definition) is 4.